The first kappa shape index (κ1) is 13.6. The first-order valence-electron chi connectivity index (χ1n) is 5.90. The number of rotatable bonds is 2. The smallest absolute Gasteiger partial charge is 0.269 e. The third-order valence-corrected chi connectivity index (χ3v) is 4.33. The van der Waals surface area contributed by atoms with Crippen LogP contribution in [-0.2, 0) is 13.0 Å². The Bertz CT molecular complexity index is 735. The van der Waals surface area contributed by atoms with Crippen LogP contribution in [0.2, 0.25) is 5.15 Å². The van der Waals surface area contributed by atoms with Gasteiger partial charge in [0.25, 0.3) is 5.56 Å². The third-order valence-electron chi connectivity index (χ3n) is 3.10. The van der Waals surface area contributed by atoms with E-state index in [0.29, 0.717) is 18.7 Å². The lowest BCUT2D eigenvalue weighted by Crippen LogP contribution is -2.29. The Morgan fingerprint density at radius 1 is 1.55 bits per heavy atom. The van der Waals surface area contributed by atoms with Crippen LogP contribution in [0.25, 0.3) is 0 Å². The van der Waals surface area contributed by atoms with Crippen molar-refractivity contribution in [1.82, 2.24) is 9.55 Å². The molecule has 104 valence electrons. The van der Waals surface area contributed by atoms with Crippen LogP contribution in [0.15, 0.2) is 33.8 Å². The second-order valence-electron chi connectivity index (χ2n) is 4.50. The summed E-state index contributed by atoms with van der Waals surface area (Å²) in [6.45, 7) is 0.331. The van der Waals surface area contributed by atoms with E-state index in [1.165, 1.54) is 23.0 Å². The number of aromatic nitrogens is 2. The lowest BCUT2D eigenvalue weighted by molar-refractivity contribution is 0.207. The first-order valence-corrected chi connectivity index (χ1v) is 7.07. The normalized spacial score (nSPS) is 16.9. The van der Waals surface area contributed by atoms with Crippen molar-refractivity contribution in [2.45, 2.75) is 19.1 Å². The van der Waals surface area contributed by atoms with Gasteiger partial charge in [0.1, 0.15) is 22.1 Å². The fourth-order valence-corrected chi connectivity index (χ4v) is 2.64. The number of hydrogen-bond donors (Lipinski definition) is 0. The quantitative estimate of drug-likeness (QED) is 0.775. The summed E-state index contributed by atoms with van der Waals surface area (Å²) in [5.74, 6) is 0.367. The van der Waals surface area contributed by atoms with Crippen molar-refractivity contribution >= 4 is 27.5 Å². The van der Waals surface area contributed by atoms with Crippen molar-refractivity contribution in [1.29, 1.82) is 0 Å². The molecule has 0 bridgehead atoms. The fourth-order valence-electron chi connectivity index (χ4n) is 2.18. The maximum Gasteiger partial charge on any atom is 0.269 e. The van der Waals surface area contributed by atoms with E-state index in [1.54, 1.807) is 6.07 Å². The summed E-state index contributed by atoms with van der Waals surface area (Å²) in [5.41, 5.74) is 0.541. The van der Waals surface area contributed by atoms with Gasteiger partial charge in [0, 0.05) is 12.0 Å². The van der Waals surface area contributed by atoms with Gasteiger partial charge in [-0.05, 0) is 34.1 Å². The predicted octanol–water partition coefficient (Wildman–Crippen LogP) is 2.80. The van der Waals surface area contributed by atoms with Crippen molar-refractivity contribution in [3.05, 3.63) is 55.9 Å². The molecule has 2 aromatic rings. The molecule has 0 spiro atoms. The molecule has 1 unspecified atom stereocenters. The maximum absolute atomic E-state index is 13.1. The summed E-state index contributed by atoms with van der Waals surface area (Å²) in [5, 5.41) is 0.129. The molecular formula is C13H9BrClFN2O2. The van der Waals surface area contributed by atoms with Gasteiger partial charge in [-0.15, -0.1) is 0 Å². The SMILES string of the molecule is O=c1c(Br)c(Cl)ncn1CC1Cc2cc(F)ccc2O1. The van der Waals surface area contributed by atoms with E-state index >= 15 is 0 Å². The van der Waals surface area contributed by atoms with Gasteiger partial charge in [0.15, 0.2) is 5.15 Å². The van der Waals surface area contributed by atoms with Gasteiger partial charge in [-0.3, -0.25) is 9.36 Å². The van der Waals surface area contributed by atoms with E-state index in [4.69, 9.17) is 16.3 Å². The van der Waals surface area contributed by atoms with Gasteiger partial charge in [0.2, 0.25) is 0 Å². The largest absolute Gasteiger partial charge is 0.488 e. The van der Waals surface area contributed by atoms with Crippen LogP contribution in [0.5, 0.6) is 5.75 Å². The summed E-state index contributed by atoms with van der Waals surface area (Å²) in [7, 11) is 0. The Labute approximate surface area is 127 Å². The summed E-state index contributed by atoms with van der Waals surface area (Å²) in [4.78, 5) is 15.9. The molecule has 1 atom stereocenters. The summed E-state index contributed by atoms with van der Waals surface area (Å²) in [6, 6.07) is 4.41. The van der Waals surface area contributed by atoms with Gasteiger partial charge in [-0.1, -0.05) is 11.6 Å². The van der Waals surface area contributed by atoms with Crippen molar-refractivity contribution < 1.29 is 9.13 Å². The molecule has 1 aliphatic heterocycles. The monoisotopic (exact) mass is 358 g/mol. The summed E-state index contributed by atoms with van der Waals surface area (Å²) in [6.07, 6.45) is 1.71. The van der Waals surface area contributed by atoms with Gasteiger partial charge in [0.05, 0.1) is 12.9 Å². The van der Waals surface area contributed by atoms with Crippen LogP contribution < -0.4 is 10.3 Å². The van der Waals surface area contributed by atoms with E-state index in [1.807, 2.05) is 0 Å². The van der Waals surface area contributed by atoms with Gasteiger partial charge in [-0.2, -0.15) is 0 Å². The molecule has 2 heterocycles. The number of nitrogens with zero attached hydrogens (tertiary/aromatic N) is 2. The standard InChI is InChI=1S/C13H9BrClFN2O2/c14-11-12(15)17-6-18(13(11)19)5-9-4-7-3-8(16)1-2-10(7)20-9/h1-3,6,9H,4-5H2. The van der Waals surface area contributed by atoms with Crippen molar-refractivity contribution in [3.8, 4) is 5.75 Å². The lowest BCUT2D eigenvalue weighted by Gasteiger charge is -2.12. The predicted molar refractivity (Wildman–Crippen MR) is 75.7 cm³/mol. The van der Waals surface area contributed by atoms with Crippen LogP contribution in [0.1, 0.15) is 5.56 Å². The molecule has 1 aromatic heterocycles. The molecule has 3 rings (SSSR count). The van der Waals surface area contributed by atoms with Crippen LogP contribution >= 0.6 is 27.5 Å². The molecule has 4 nitrogen and oxygen atoms in total. The first-order chi connectivity index (χ1) is 9.54. The molecule has 0 amide bonds. The lowest BCUT2D eigenvalue weighted by atomic mass is 10.1. The highest BCUT2D eigenvalue weighted by molar-refractivity contribution is 9.10. The number of halogens is 3. The Morgan fingerprint density at radius 3 is 3.15 bits per heavy atom. The molecule has 0 fully saturated rings. The molecule has 0 N–H and O–H groups in total. The van der Waals surface area contributed by atoms with Crippen LogP contribution in [0.3, 0.4) is 0 Å². The van der Waals surface area contributed by atoms with Crippen molar-refractivity contribution in [2.75, 3.05) is 0 Å². The Kier molecular flexibility index (Phi) is 3.52. The number of ether oxygens (including phenoxy) is 1. The van der Waals surface area contributed by atoms with E-state index in [9.17, 15) is 9.18 Å². The minimum atomic E-state index is -0.291. The Hall–Kier alpha value is -1.40. The average Bonchev–Trinajstić information content (AvgIpc) is 2.81. The van der Waals surface area contributed by atoms with Gasteiger partial charge < -0.3 is 4.74 Å². The van der Waals surface area contributed by atoms with Crippen LogP contribution in [0, 0.1) is 5.82 Å². The van der Waals surface area contributed by atoms with E-state index in [0.717, 1.165) is 5.56 Å². The van der Waals surface area contributed by atoms with E-state index < -0.39 is 0 Å². The molecule has 0 radical (unpaired) electrons. The zero-order valence-corrected chi connectivity index (χ0v) is 12.5. The summed E-state index contributed by atoms with van der Waals surface area (Å²) >= 11 is 8.85. The second kappa shape index (κ2) is 5.18. The highest BCUT2D eigenvalue weighted by Crippen LogP contribution is 2.29. The van der Waals surface area contributed by atoms with Gasteiger partial charge >= 0.3 is 0 Å². The molecule has 1 aromatic carbocycles. The molecular weight excluding hydrogens is 351 g/mol. The number of benzene rings is 1. The highest BCUT2D eigenvalue weighted by Gasteiger charge is 2.24. The van der Waals surface area contributed by atoms with E-state index in [2.05, 4.69) is 20.9 Å². The van der Waals surface area contributed by atoms with Crippen molar-refractivity contribution in [3.63, 3.8) is 0 Å². The van der Waals surface area contributed by atoms with Gasteiger partial charge in [-0.25, -0.2) is 9.37 Å². The number of fused-ring (bicyclic) bond motifs is 1. The molecule has 0 aliphatic carbocycles. The molecule has 7 heteroatoms. The molecule has 0 saturated carbocycles. The zero-order chi connectivity index (χ0) is 14.3. The van der Waals surface area contributed by atoms with Crippen molar-refractivity contribution in [2.24, 2.45) is 0 Å². The maximum atomic E-state index is 13.1. The Balaban J connectivity index is 1.82. The third kappa shape index (κ3) is 2.45. The van der Waals surface area contributed by atoms with Crippen LogP contribution in [-0.4, -0.2) is 15.7 Å². The molecule has 1 aliphatic rings. The minimum Gasteiger partial charge on any atom is -0.488 e. The summed E-state index contributed by atoms with van der Waals surface area (Å²) < 4.78 is 20.5. The fraction of sp³-hybridized carbons (Fsp3) is 0.231. The topological polar surface area (TPSA) is 44.1 Å². The number of hydrogen-bond acceptors (Lipinski definition) is 3. The average molecular weight is 360 g/mol. The zero-order valence-electron chi connectivity index (χ0n) is 10.1. The second-order valence-corrected chi connectivity index (χ2v) is 5.65. The molecule has 0 saturated heterocycles. The van der Waals surface area contributed by atoms with Crippen LogP contribution in [0.4, 0.5) is 4.39 Å². The Morgan fingerprint density at radius 2 is 2.35 bits per heavy atom. The molecule has 20 heavy (non-hydrogen) atoms. The minimum absolute atomic E-state index is 0.129. The van der Waals surface area contributed by atoms with E-state index in [-0.39, 0.29) is 27.1 Å². The highest BCUT2D eigenvalue weighted by atomic mass is 79.9.